The van der Waals surface area contributed by atoms with Crippen LogP contribution in [0.15, 0.2) is 48.5 Å². The van der Waals surface area contributed by atoms with Gasteiger partial charge in [-0.15, -0.1) is 11.3 Å². The van der Waals surface area contributed by atoms with Crippen LogP contribution in [0.4, 0.5) is 0 Å². The molecule has 5 nitrogen and oxygen atoms in total. The summed E-state index contributed by atoms with van der Waals surface area (Å²) in [6, 6.07) is 15.9. The Morgan fingerprint density at radius 1 is 1.19 bits per heavy atom. The molecule has 3 aromatic rings. The van der Waals surface area contributed by atoms with E-state index in [1.165, 1.54) is 16.9 Å². The fourth-order valence-electron chi connectivity index (χ4n) is 3.57. The van der Waals surface area contributed by atoms with Gasteiger partial charge in [-0.1, -0.05) is 24.3 Å². The van der Waals surface area contributed by atoms with Crippen molar-refractivity contribution < 1.29 is 14.3 Å². The van der Waals surface area contributed by atoms with Crippen molar-refractivity contribution in [2.75, 3.05) is 26.9 Å². The molecule has 1 aliphatic rings. The predicted octanol–water partition coefficient (Wildman–Crippen LogP) is 3.78. The third-order valence-electron chi connectivity index (χ3n) is 5.23. The van der Waals surface area contributed by atoms with Crippen molar-refractivity contribution in [3.05, 3.63) is 59.1 Å². The van der Waals surface area contributed by atoms with Crippen molar-refractivity contribution >= 4 is 27.5 Å². The first-order valence-corrected chi connectivity index (χ1v) is 9.88. The first kappa shape index (κ1) is 17.9. The Balaban J connectivity index is 1.53. The number of methoxy groups -OCH3 is 1. The Morgan fingerprint density at radius 3 is 2.63 bits per heavy atom. The van der Waals surface area contributed by atoms with Crippen LogP contribution < -0.4 is 10.1 Å². The minimum atomic E-state index is -0.128. The van der Waals surface area contributed by atoms with E-state index < -0.39 is 0 Å². The zero-order valence-corrected chi connectivity index (χ0v) is 16.1. The molecular weight excluding hydrogens is 360 g/mol. The van der Waals surface area contributed by atoms with Crippen LogP contribution in [0.1, 0.15) is 28.2 Å². The highest BCUT2D eigenvalue weighted by molar-refractivity contribution is 7.20. The van der Waals surface area contributed by atoms with E-state index in [0.29, 0.717) is 24.8 Å². The van der Waals surface area contributed by atoms with Crippen molar-refractivity contribution in [1.29, 1.82) is 0 Å². The van der Waals surface area contributed by atoms with E-state index in [1.807, 2.05) is 36.4 Å². The first-order chi connectivity index (χ1) is 13.2. The lowest BCUT2D eigenvalue weighted by Gasteiger charge is -2.38. The molecule has 4 rings (SSSR count). The molecule has 0 unspecified atom stereocenters. The second kappa shape index (κ2) is 7.66. The van der Waals surface area contributed by atoms with Gasteiger partial charge in [0, 0.05) is 25.2 Å². The molecule has 1 aromatic heterocycles. The number of hydrogen-bond acceptors (Lipinski definition) is 5. The lowest BCUT2D eigenvalue weighted by atomic mass is 9.74. The van der Waals surface area contributed by atoms with Crippen LogP contribution in [0.25, 0.3) is 10.2 Å². The number of fused-ring (bicyclic) bond motifs is 1. The predicted molar refractivity (Wildman–Crippen MR) is 107 cm³/mol. The summed E-state index contributed by atoms with van der Waals surface area (Å²) < 4.78 is 11.9. The Morgan fingerprint density at radius 2 is 1.93 bits per heavy atom. The second-order valence-corrected chi connectivity index (χ2v) is 7.82. The highest BCUT2D eigenvalue weighted by Gasteiger charge is 2.35. The Bertz CT molecular complexity index is 897. The molecular formula is C21H22N2O3S. The highest BCUT2D eigenvalue weighted by atomic mass is 32.1. The number of nitrogens with one attached hydrogen (secondary N) is 1. The van der Waals surface area contributed by atoms with Gasteiger partial charge in [0.15, 0.2) is 5.01 Å². The van der Waals surface area contributed by atoms with Crippen LogP contribution in [0.2, 0.25) is 0 Å². The normalized spacial score (nSPS) is 16.2. The number of ether oxygens (including phenoxy) is 2. The number of aromatic nitrogens is 1. The number of para-hydroxylation sites is 1. The Labute approximate surface area is 162 Å². The zero-order chi connectivity index (χ0) is 18.7. The monoisotopic (exact) mass is 382 g/mol. The van der Waals surface area contributed by atoms with Crippen LogP contribution in [0.5, 0.6) is 5.75 Å². The van der Waals surface area contributed by atoms with Gasteiger partial charge in [-0.2, -0.15) is 0 Å². The molecule has 0 bridgehead atoms. The maximum absolute atomic E-state index is 12.7. The van der Waals surface area contributed by atoms with Crippen molar-refractivity contribution in [3.8, 4) is 5.75 Å². The number of thiazole rings is 1. The molecule has 1 N–H and O–H groups in total. The fourth-order valence-corrected chi connectivity index (χ4v) is 4.45. The summed E-state index contributed by atoms with van der Waals surface area (Å²) >= 11 is 1.43. The van der Waals surface area contributed by atoms with Gasteiger partial charge in [0.25, 0.3) is 5.91 Å². The molecule has 0 aliphatic carbocycles. The molecule has 27 heavy (non-hydrogen) atoms. The number of carbonyl (C=O) groups is 1. The van der Waals surface area contributed by atoms with Crippen molar-refractivity contribution in [3.63, 3.8) is 0 Å². The van der Waals surface area contributed by atoms with E-state index in [2.05, 4.69) is 22.4 Å². The topological polar surface area (TPSA) is 60.5 Å². The van der Waals surface area contributed by atoms with Crippen LogP contribution in [0, 0.1) is 0 Å². The SMILES string of the molecule is COc1ccc(C2(CNC(=O)c3nc4ccccc4s3)CCOCC2)cc1. The third-order valence-corrected chi connectivity index (χ3v) is 6.26. The number of amides is 1. The molecule has 1 saturated heterocycles. The Kier molecular flexibility index (Phi) is 5.09. The van der Waals surface area contributed by atoms with Gasteiger partial charge in [-0.05, 0) is 42.7 Å². The molecule has 1 amide bonds. The van der Waals surface area contributed by atoms with E-state index in [1.54, 1.807) is 7.11 Å². The molecule has 1 fully saturated rings. The maximum Gasteiger partial charge on any atom is 0.280 e. The number of rotatable bonds is 5. The average molecular weight is 382 g/mol. The van der Waals surface area contributed by atoms with Crippen LogP contribution in [-0.4, -0.2) is 37.8 Å². The Hall–Kier alpha value is -2.44. The fraction of sp³-hybridized carbons (Fsp3) is 0.333. The number of benzene rings is 2. The summed E-state index contributed by atoms with van der Waals surface area (Å²) in [5.41, 5.74) is 1.94. The quantitative estimate of drug-likeness (QED) is 0.729. The molecule has 0 spiro atoms. The maximum atomic E-state index is 12.7. The number of hydrogen-bond donors (Lipinski definition) is 1. The van der Waals surface area contributed by atoms with Crippen molar-refractivity contribution in [1.82, 2.24) is 10.3 Å². The van der Waals surface area contributed by atoms with E-state index in [-0.39, 0.29) is 11.3 Å². The smallest absolute Gasteiger partial charge is 0.280 e. The van der Waals surface area contributed by atoms with Gasteiger partial charge in [-0.25, -0.2) is 4.98 Å². The molecule has 0 atom stereocenters. The lowest BCUT2D eigenvalue weighted by molar-refractivity contribution is 0.0487. The summed E-state index contributed by atoms with van der Waals surface area (Å²) in [5, 5.41) is 3.63. The second-order valence-electron chi connectivity index (χ2n) is 6.79. The van der Waals surface area contributed by atoms with Gasteiger partial charge in [0.05, 0.1) is 17.3 Å². The van der Waals surface area contributed by atoms with Crippen LogP contribution in [-0.2, 0) is 10.2 Å². The minimum absolute atomic E-state index is 0.115. The van der Waals surface area contributed by atoms with Gasteiger partial charge in [0.1, 0.15) is 5.75 Å². The molecule has 0 saturated carbocycles. The summed E-state index contributed by atoms with van der Waals surface area (Å²) in [6.07, 6.45) is 1.75. The summed E-state index contributed by atoms with van der Waals surface area (Å²) in [5.74, 6) is 0.718. The summed E-state index contributed by atoms with van der Waals surface area (Å²) in [6.45, 7) is 1.96. The third kappa shape index (κ3) is 3.68. The van der Waals surface area contributed by atoms with E-state index >= 15 is 0 Å². The van der Waals surface area contributed by atoms with Gasteiger partial charge < -0.3 is 14.8 Å². The molecule has 140 valence electrons. The van der Waals surface area contributed by atoms with Crippen molar-refractivity contribution in [2.45, 2.75) is 18.3 Å². The summed E-state index contributed by atoms with van der Waals surface area (Å²) in [7, 11) is 1.66. The van der Waals surface area contributed by atoms with Crippen LogP contribution in [0.3, 0.4) is 0 Å². The van der Waals surface area contributed by atoms with E-state index in [0.717, 1.165) is 28.8 Å². The van der Waals surface area contributed by atoms with E-state index in [9.17, 15) is 4.79 Å². The molecule has 1 aliphatic heterocycles. The average Bonchev–Trinajstić information content (AvgIpc) is 3.17. The van der Waals surface area contributed by atoms with Gasteiger partial charge >= 0.3 is 0 Å². The van der Waals surface area contributed by atoms with Crippen molar-refractivity contribution in [2.24, 2.45) is 0 Å². The standard InChI is InChI=1S/C21H22N2O3S/c1-25-16-8-6-15(7-9-16)21(10-12-26-13-11-21)14-22-19(24)20-23-17-4-2-3-5-18(17)27-20/h2-9H,10-14H2,1H3,(H,22,24). The van der Waals surface area contributed by atoms with Gasteiger partial charge in [0.2, 0.25) is 0 Å². The zero-order valence-electron chi connectivity index (χ0n) is 15.2. The minimum Gasteiger partial charge on any atom is -0.497 e. The van der Waals surface area contributed by atoms with Crippen LogP contribution >= 0.6 is 11.3 Å². The van der Waals surface area contributed by atoms with Gasteiger partial charge in [-0.3, -0.25) is 4.79 Å². The molecule has 2 heterocycles. The molecule has 0 radical (unpaired) electrons. The van der Waals surface area contributed by atoms with E-state index in [4.69, 9.17) is 9.47 Å². The summed E-state index contributed by atoms with van der Waals surface area (Å²) in [4.78, 5) is 17.2. The number of nitrogens with zero attached hydrogens (tertiary/aromatic N) is 1. The first-order valence-electron chi connectivity index (χ1n) is 9.06. The highest BCUT2D eigenvalue weighted by Crippen LogP contribution is 2.35. The number of carbonyl (C=O) groups excluding carboxylic acids is 1. The lowest BCUT2D eigenvalue weighted by Crippen LogP contribution is -2.44. The molecule has 6 heteroatoms. The largest absolute Gasteiger partial charge is 0.497 e. The molecule has 2 aromatic carbocycles.